The zero-order valence-electron chi connectivity index (χ0n) is 45.6. The third-order valence-electron chi connectivity index (χ3n) is 19.5. The molecule has 0 bridgehead atoms. The average Bonchev–Trinajstić information content (AvgIpc) is 3.69. The molecule has 11 heterocycles. The lowest BCUT2D eigenvalue weighted by atomic mass is 9.74. The van der Waals surface area contributed by atoms with E-state index in [-0.39, 0.29) is 86.7 Å². The van der Waals surface area contributed by atoms with E-state index in [0.29, 0.717) is 76.2 Å². The minimum absolute atomic E-state index is 0.0105. The number of fused-ring (bicyclic) bond motifs is 10. The Kier molecular flexibility index (Phi) is 15.6. The number of ether oxygens (including phenoxy) is 11. The standard InChI is InChI=1S/C55H82O21S2/c1-10-12-28(2)13-16-51(5,57)50-29(3)19-39-38(71-50)25-46-55(9,74-39)49(56)48-42(70-46)23-41-47(72-48)30(4)27-54(8)44(69-41)26-43-53(7,76-54)17-14-31-32(68-43)20-34-33(65-31)21-35-36(66-34)22-40-37(67-35)24-45(75-78(61,62)63)52(6,73-40)15-11-18-64-77(58,59)60/h10,13,16,30-50,56-57H,1-3,11-12,14-15,17-27H2,4-9H3,(H,58,59,60)(H,61,62,63)/b16-13+/t30-,31-,32+,33+,34-,35-,36+,37+,38+,39-,40-,41-,42+,43-,44+,45-,46-,47+,48+,49+,50-,51-,52+,53+,54-,55-/m0/s1. The van der Waals surface area contributed by atoms with Crippen molar-refractivity contribution in [1.29, 1.82) is 0 Å². The second kappa shape index (κ2) is 21.1. The summed E-state index contributed by atoms with van der Waals surface area (Å²) in [7, 11) is -9.59. The minimum atomic E-state index is -4.90. The van der Waals surface area contributed by atoms with Crippen LogP contribution in [0.25, 0.3) is 0 Å². The van der Waals surface area contributed by atoms with E-state index in [2.05, 4.69) is 44.7 Å². The van der Waals surface area contributed by atoms with Crippen LogP contribution in [0.3, 0.4) is 0 Å². The molecule has 21 nitrogen and oxygen atoms in total. The van der Waals surface area contributed by atoms with Gasteiger partial charge in [0.25, 0.3) is 0 Å². The van der Waals surface area contributed by atoms with E-state index in [1.54, 1.807) is 32.1 Å². The number of allylic oxidation sites excluding steroid dienone is 3. The predicted molar refractivity (Wildman–Crippen MR) is 276 cm³/mol. The molecule has 78 heavy (non-hydrogen) atoms. The molecule has 0 saturated carbocycles. The topological polar surface area (TPSA) is 269 Å². The molecule has 0 radical (unpaired) electrons. The first-order valence-corrected chi connectivity index (χ1v) is 30.9. The molecule has 0 unspecified atom stereocenters. The average molecular weight is 1140 g/mol. The number of hydrogen-bond acceptors (Lipinski definition) is 19. The van der Waals surface area contributed by atoms with Gasteiger partial charge in [0.05, 0.1) is 121 Å². The van der Waals surface area contributed by atoms with Gasteiger partial charge < -0.3 is 62.3 Å². The lowest BCUT2D eigenvalue weighted by molar-refractivity contribution is -0.361. The fourth-order valence-corrected chi connectivity index (χ4v) is 16.5. The molecule has 4 N–H and O–H groups in total. The summed E-state index contributed by atoms with van der Waals surface area (Å²) in [6.07, 6.45) is 1.67. The normalized spacial score (nSPS) is 50.8. The van der Waals surface area contributed by atoms with Crippen LogP contribution in [0.2, 0.25) is 0 Å². The Morgan fingerprint density at radius 1 is 0.718 bits per heavy atom. The fraction of sp³-hybridized carbons (Fsp3) is 0.855. The molecular weight excluding hydrogens is 1060 g/mol. The molecule has 0 aromatic rings. The van der Waals surface area contributed by atoms with Gasteiger partial charge >= 0.3 is 20.8 Å². The first kappa shape index (κ1) is 58.0. The van der Waals surface area contributed by atoms with Crippen LogP contribution in [0.1, 0.15) is 131 Å². The summed E-state index contributed by atoms with van der Waals surface area (Å²) in [6, 6.07) is 0. The van der Waals surface area contributed by atoms with Gasteiger partial charge in [-0.1, -0.05) is 43.9 Å². The molecule has 0 aromatic carbocycles. The largest absolute Gasteiger partial charge is 0.397 e. The molecule has 0 aliphatic carbocycles. The Morgan fingerprint density at radius 2 is 1.31 bits per heavy atom. The van der Waals surface area contributed by atoms with Gasteiger partial charge in [-0.15, -0.1) is 6.58 Å². The summed E-state index contributed by atoms with van der Waals surface area (Å²) in [5.74, 6) is -0.0105. The van der Waals surface area contributed by atoms with Gasteiger partial charge in [-0.05, 0) is 91.1 Å². The molecule has 11 saturated heterocycles. The molecule has 23 heteroatoms. The van der Waals surface area contributed by atoms with Crippen LogP contribution in [0.4, 0.5) is 0 Å². The van der Waals surface area contributed by atoms with Gasteiger partial charge in [-0.25, -0.2) is 8.37 Å². The van der Waals surface area contributed by atoms with Crippen molar-refractivity contribution in [3.8, 4) is 0 Å². The quantitative estimate of drug-likeness (QED) is 0.0861. The van der Waals surface area contributed by atoms with Gasteiger partial charge in [0.1, 0.15) is 35.6 Å². The number of rotatable bonds is 12. The summed E-state index contributed by atoms with van der Waals surface area (Å²) in [6.45, 7) is 23.4. The molecule has 11 fully saturated rings. The third-order valence-corrected chi connectivity index (χ3v) is 20.4. The van der Waals surface area contributed by atoms with Crippen LogP contribution >= 0.6 is 0 Å². The van der Waals surface area contributed by atoms with Crippen molar-refractivity contribution in [2.75, 3.05) is 6.61 Å². The maximum Gasteiger partial charge on any atom is 0.397 e. The van der Waals surface area contributed by atoms with Crippen molar-refractivity contribution in [3.05, 3.63) is 49.1 Å². The molecule has 0 amide bonds. The van der Waals surface area contributed by atoms with Crippen LogP contribution in [0.5, 0.6) is 0 Å². The smallest absolute Gasteiger partial charge is 0.387 e. The summed E-state index contributed by atoms with van der Waals surface area (Å²) < 4.78 is 151. The Morgan fingerprint density at radius 3 is 1.99 bits per heavy atom. The summed E-state index contributed by atoms with van der Waals surface area (Å²) in [5, 5.41) is 23.9. The Hall–Kier alpha value is -1.82. The van der Waals surface area contributed by atoms with Crippen LogP contribution in [-0.4, -0.2) is 193 Å². The monoisotopic (exact) mass is 1140 g/mol. The summed E-state index contributed by atoms with van der Waals surface area (Å²) in [4.78, 5) is 0. The Labute approximate surface area is 458 Å². The molecule has 440 valence electrons. The second-order valence-corrected chi connectivity index (χ2v) is 27.7. The Balaban J connectivity index is 0.739. The minimum Gasteiger partial charge on any atom is -0.387 e. The van der Waals surface area contributed by atoms with E-state index in [0.717, 1.165) is 5.57 Å². The van der Waals surface area contributed by atoms with Crippen molar-refractivity contribution in [2.24, 2.45) is 5.92 Å². The lowest BCUT2D eigenvalue weighted by Gasteiger charge is -2.59. The van der Waals surface area contributed by atoms with Crippen molar-refractivity contribution in [2.45, 2.75) is 282 Å². The van der Waals surface area contributed by atoms with E-state index in [1.807, 2.05) is 6.92 Å². The molecule has 11 aliphatic heterocycles. The summed E-state index contributed by atoms with van der Waals surface area (Å²) in [5.41, 5.74) is -3.61. The maximum atomic E-state index is 12.3. The molecule has 0 spiro atoms. The highest BCUT2D eigenvalue weighted by Gasteiger charge is 2.66. The van der Waals surface area contributed by atoms with Gasteiger partial charge in [0, 0.05) is 44.9 Å². The fourth-order valence-electron chi connectivity index (χ4n) is 15.6. The lowest BCUT2D eigenvalue weighted by Crippen LogP contribution is -2.73. The first-order chi connectivity index (χ1) is 36.5. The van der Waals surface area contributed by atoms with Gasteiger partial charge in [0.15, 0.2) is 0 Å². The van der Waals surface area contributed by atoms with E-state index in [4.69, 9.17) is 60.8 Å². The SMILES string of the molecule is C=CCC(=C)/C=C/[C@](C)(O)[C@H]1O[C@@H]2C[C@@H]3O[C@@H]4C[C@@H]5O[C@@H]6C[C@@H]7O[C@@H]8C[C@@H]9O[C@@H]%10C[C@@H]%11O[C@](C)(CCCOS(=O)(=O)O)[C@@H](OS(=O)(=O)O)C[C@H]%11O[C@H]%10C[C@H]9O[C@H]8CC[C@@]7(C)O[C@@]6(C)C[C@H](C)[C@H]5O[C@H]4[C@@H](O)[C@@]3(C)O[C@H]2CC1=C. The first-order valence-electron chi connectivity index (χ1n) is 28.2. The van der Waals surface area contributed by atoms with Gasteiger partial charge in [-0.2, -0.15) is 16.8 Å². The second-order valence-electron chi connectivity index (χ2n) is 25.5. The van der Waals surface area contributed by atoms with E-state index in [1.165, 1.54) is 0 Å². The van der Waals surface area contributed by atoms with Gasteiger partial charge in [0.2, 0.25) is 0 Å². The molecular formula is C55H82O21S2. The highest BCUT2D eigenvalue weighted by Crippen LogP contribution is 2.55. The zero-order chi connectivity index (χ0) is 55.7. The van der Waals surface area contributed by atoms with Crippen LogP contribution in [-0.2, 0) is 81.3 Å². The van der Waals surface area contributed by atoms with Gasteiger partial charge in [-0.3, -0.25) is 9.11 Å². The van der Waals surface area contributed by atoms with Crippen LogP contribution < -0.4 is 0 Å². The highest BCUT2D eigenvalue weighted by atomic mass is 32.3. The molecule has 26 atom stereocenters. The van der Waals surface area contributed by atoms with Crippen molar-refractivity contribution >= 4 is 20.8 Å². The predicted octanol–water partition coefficient (Wildman–Crippen LogP) is 5.06. The summed E-state index contributed by atoms with van der Waals surface area (Å²) >= 11 is 0. The maximum absolute atomic E-state index is 12.3. The van der Waals surface area contributed by atoms with Crippen LogP contribution in [0.15, 0.2) is 49.1 Å². The van der Waals surface area contributed by atoms with E-state index >= 15 is 0 Å². The molecule has 11 rings (SSSR count). The Bertz CT molecular complexity index is 2540. The van der Waals surface area contributed by atoms with Crippen LogP contribution in [0, 0.1) is 5.92 Å². The zero-order valence-corrected chi connectivity index (χ0v) is 47.3. The third kappa shape index (κ3) is 11.2. The molecule has 11 aliphatic rings. The number of hydrogen-bond donors (Lipinski definition) is 4. The highest BCUT2D eigenvalue weighted by molar-refractivity contribution is 7.81. The van der Waals surface area contributed by atoms with Crippen molar-refractivity contribution in [1.82, 2.24) is 0 Å². The van der Waals surface area contributed by atoms with E-state index in [9.17, 15) is 31.6 Å². The van der Waals surface area contributed by atoms with E-state index < -0.39 is 116 Å². The number of aliphatic hydroxyl groups excluding tert-OH is 1. The van der Waals surface area contributed by atoms with Crippen molar-refractivity contribution < 1.29 is 96.6 Å². The van der Waals surface area contributed by atoms with Crippen molar-refractivity contribution in [3.63, 3.8) is 0 Å². The molecule has 0 aromatic heterocycles. The number of aliphatic hydroxyl groups is 2.